The van der Waals surface area contributed by atoms with Gasteiger partial charge in [-0.3, -0.25) is 14.9 Å². The molecule has 1 heterocycles. The molecule has 1 aromatic heterocycles. The van der Waals surface area contributed by atoms with Gasteiger partial charge in [0.2, 0.25) is 0 Å². The van der Waals surface area contributed by atoms with E-state index in [1.165, 1.54) is 19.2 Å². The van der Waals surface area contributed by atoms with Crippen molar-refractivity contribution in [1.29, 1.82) is 0 Å². The van der Waals surface area contributed by atoms with E-state index in [2.05, 4.69) is 9.97 Å². The quantitative estimate of drug-likeness (QED) is 0.416. The number of H-pyrrole nitrogens is 1. The highest BCUT2D eigenvalue weighted by Crippen LogP contribution is 2.28. The van der Waals surface area contributed by atoms with Gasteiger partial charge in [-0.05, 0) is 31.2 Å². The predicted octanol–water partition coefficient (Wildman–Crippen LogP) is 2.76. The number of nitrogens with one attached hydrogen (secondary N) is 1. The van der Waals surface area contributed by atoms with E-state index >= 15 is 0 Å². The third-order valence-electron chi connectivity index (χ3n) is 3.91. The van der Waals surface area contributed by atoms with Gasteiger partial charge in [0.05, 0.1) is 28.5 Å². The highest BCUT2D eigenvalue weighted by Gasteiger charge is 2.21. The predicted molar refractivity (Wildman–Crippen MR) is 95.8 cm³/mol. The molecular formula is C18H15N3O6. The van der Waals surface area contributed by atoms with Crippen LogP contribution in [0.3, 0.4) is 0 Å². The van der Waals surface area contributed by atoms with Gasteiger partial charge in [0, 0.05) is 6.07 Å². The van der Waals surface area contributed by atoms with Gasteiger partial charge in [0.15, 0.2) is 17.7 Å². The number of benzene rings is 2. The zero-order valence-electron chi connectivity index (χ0n) is 14.5. The highest BCUT2D eigenvalue weighted by molar-refractivity contribution is 5.90. The van der Waals surface area contributed by atoms with Crippen LogP contribution in [-0.2, 0) is 4.74 Å². The van der Waals surface area contributed by atoms with Crippen molar-refractivity contribution in [2.24, 2.45) is 0 Å². The van der Waals surface area contributed by atoms with Crippen LogP contribution in [-0.4, -0.2) is 28.0 Å². The molecule has 0 aliphatic rings. The lowest BCUT2D eigenvalue weighted by Crippen LogP contribution is -2.17. The maximum absolute atomic E-state index is 12.3. The van der Waals surface area contributed by atoms with E-state index in [0.717, 1.165) is 6.07 Å². The Labute approximate surface area is 152 Å². The molecule has 2 aromatic carbocycles. The van der Waals surface area contributed by atoms with Gasteiger partial charge in [-0.25, -0.2) is 9.78 Å². The Morgan fingerprint density at radius 2 is 2.00 bits per heavy atom. The zero-order valence-corrected chi connectivity index (χ0v) is 14.5. The smallest absolute Gasteiger partial charge is 0.339 e. The van der Waals surface area contributed by atoms with Crippen LogP contribution in [0.1, 0.15) is 29.2 Å². The Kier molecular flexibility index (Phi) is 4.84. The summed E-state index contributed by atoms with van der Waals surface area (Å²) in [6.07, 6.45) is -0.865. The van der Waals surface area contributed by atoms with Crippen LogP contribution >= 0.6 is 0 Å². The molecule has 0 saturated carbocycles. The number of hydrogen-bond donors (Lipinski definition) is 1. The van der Waals surface area contributed by atoms with Crippen LogP contribution in [0.4, 0.5) is 5.69 Å². The summed E-state index contributed by atoms with van der Waals surface area (Å²) in [7, 11) is 1.30. The van der Waals surface area contributed by atoms with Crippen LogP contribution in [0.2, 0.25) is 0 Å². The Morgan fingerprint density at radius 3 is 2.70 bits per heavy atom. The molecule has 0 spiro atoms. The second-order valence-corrected chi connectivity index (χ2v) is 5.66. The van der Waals surface area contributed by atoms with Crippen LogP contribution in [0, 0.1) is 10.1 Å². The molecule has 138 valence electrons. The number of para-hydroxylation sites is 1. The monoisotopic (exact) mass is 369 g/mol. The average Bonchev–Trinajstić information content (AvgIpc) is 2.67. The fourth-order valence-corrected chi connectivity index (χ4v) is 2.54. The summed E-state index contributed by atoms with van der Waals surface area (Å²) in [5.74, 6) is -0.579. The van der Waals surface area contributed by atoms with E-state index in [-0.39, 0.29) is 28.4 Å². The highest BCUT2D eigenvalue weighted by atomic mass is 16.6. The van der Waals surface area contributed by atoms with Crippen LogP contribution in [0.15, 0.2) is 47.3 Å². The molecule has 27 heavy (non-hydrogen) atoms. The van der Waals surface area contributed by atoms with Crippen molar-refractivity contribution in [3.8, 4) is 5.75 Å². The fourth-order valence-electron chi connectivity index (χ4n) is 2.54. The minimum absolute atomic E-state index is 0.0162. The van der Waals surface area contributed by atoms with Gasteiger partial charge in [-0.1, -0.05) is 12.1 Å². The number of aromatic amines is 1. The van der Waals surface area contributed by atoms with Crippen molar-refractivity contribution in [3.05, 3.63) is 74.3 Å². The first kappa shape index (κ1) is 18.1. The summed E-state index contributed by atoms with van der Waals surface area (Å²) in [6.45, 7) is 1.54. The number of nitro benzene ring substituents is 1. The average molecular weight is 369 g/mol. The topological polar surface area (TPSA) is 124 Å². The SMILES string of the molecule is COc1ccc(C(=O)O[C@@H](C)c2nc3ccccc3c(=O)[nH]2)cc1[N+](=O)[O-]. The molecule has 3 aromatic rings. The van der Waals surface area contributed by atoms with Crippen molar-refractivity contribution < 1.29 is 19.2 Å². The van der Waals surface area contributed by atoms with Crippen LogP contribution < -0.4 is 10.3 Å². The van der Waals surface area contributed by atoms with E-state index in [1.807, 2.05) is 0 Å². The summed E-state index contributed by atoms with van der Waals surface area (Å²) in [5.41, 5.74) is -0.243. The molecule has 9 heteroatoms. The minimum atomic E-state index is -0.865. The second kappa shape index (κ2) is 7.24. The largest absolute Gasteiger partial charge is 0.490 e. The molecule has 0 radical (unpaired) electrons. The van der Waals surface area contributed by atoms with E-state index in [1.54, 1.807) is 31.2 Å². The lowest BCUT2D eigenvalue weighted by atomic mass is 10.2. The molecule has 1 atom stereocenters. The number of carbonyl (C=O) groups is 1. The summed E-state index contributed by atoms with van der Waals surface area (Å²) in [4.78, 5) is 41.8. The number of hydrogen-bond acceptors (Lipinski definition) is 7. The Hall–Kier alpha value is -3.75. The molecule has 0 unspecified atom stereocenters. The minimum Gasteiger partial charge on any atom is -0.490 e. The van der Waals surface area contributed by atoms with Gasteiger partial charge < -0.3 is 14.5 Å². The number of carbonyl (C=O) groups excluding carboxylic acids is 1. The second-order valence-electron chi connectivity index (χ2n) is 5.66. The number of fused-ring (bicyclic) bond motifs is 1. The number of nitro groups is 1. The molecule has 0 amide bonds. The molecule has 0 bridgehead atoms. The zero-order chi connectivity index (χ0) is 19.6. The van der Waals surface area contributed by atoms with Gasteiger partial charge in [-0.2, -0.15) is 0 Å². The lowest BCUT2D eigenvalue weighted by Gasteiger charge is -2.13. The normalized spacial score (nSPS) is 11.8. The van der Waals surface area contributed by atoms with E-state index in [9.17, 15) is 19.7 Å². The third kappa shape index (κ3) is 3.61. The number of rotatable bonds is 5. The number of methoxy groups -OCH3 is 1. The van der Waals surface area contributed by atoms with Crippen LogP contribution in [0.5, 0.6) is 5.75 Å². The molecule has 0 aliphatic carbocycles. The Bertz CT molecular complexity index is 1090. The van der Waals surface area contributed by atoms with E-state index in [0.29, 0.717) is 10.9 Å². The number of nitrogens with zero attached hydrogens (tertiary/aromatic N) is 2. The Balaban J connectivity index is 1.87. The number of ether oxygens (including phenoxy) is 2. The standard InChI is InChI=1S/C18H15N3O6/c1-10(16-19-13-6-4-3-5-12(13)17(22)20-16)27-18(23)11-7-8-15(26-2)14(9-11)21(24)25/h3-10H,1-2H3,(H,19,20,22)/t10-/m0/s1. The van der Waals surface area contributed by atoms with E-state index < -0.39 is 17.0 Å². The molecule has 0 aliphatic heterocycles. The molecule has 1 N–H and O–H groups in total. The molecular weight excluding hydrogens is 354 g/mol. The fraction of sp³-hybridized carbons (Fsp3) is 0.167. The van der Waals surface area contributed by atoms with Gasteiger partial charge in [0.1, 0.15) is 0 Å². The van der Waals surface area contributed by atoms with Crippen molar-refractivity contribution >= 4 is 22.6 Å². The Morgan fingerprint density at radius 1 is 1.26 bits per heavy atom. The summed E-state index contributed by atoms with van der Waals surface area (Å²) < 4.78 is 10.2. The van der Waals surface area contributed by atoms with Crippen molar-refractivity contribution in [2.75, 3.05) is 7.11 Å². The van der Waals surface area contributed by atoms with Crippen LogP contribution in [0.25, 0.3) is 10.9 Å². The first-order chi connectivity index (χ1) is 12.9. The van der Waals surface area contributed by atoms with Crippen molar-refractivity contribution in [1.82, 2.24) is 9.97 Å². The number of aromatic nitrogens is 2. The third-order valence-corrected chi connectivity index (χ3v) is 3.91. The first-order valence-electron chi connectivity index (χ1n) is 7.93. The van der Waals surface area contributed by atoms with Gasteiger partial charge in [0.25, 0.3) is 5.56 Å². The van der Waals surface area contributed by atoms with Gasteiger partial charge in [-0.15, -0.1) is 0 Å². The molecule has 3 rings (SSSR count). The van der Waals surface area contributed by atoms with Gasteiger partial charge >= 0.3 is 11.7 Å². The molecule has 0 saturated heterocycles. The summed E-state index contributed by atoms with van der Waals surface area (Å²) >= 11 is 0. The maximum Gasteiger partial charge on any atom is 0.339 e. The van der Waals surface area contributed by atoms with Crippen molar-refractivity contribution in [2.45, 2.75) is 13.0 Å². The first-order valence-corrected chi connectivity index (χ1v) is 7.93. The lowest BCUT2D eigenvalue weighted by molar-refractivity contribution is -0.385. The number of esters is 1. The molecule has 0 fully saturated rings. The van der Waals surface area contributed by atoms with Crippen molar-refractivity contribution in [3.63, 3.8) is 0 Å². The summed E-state index contributed by atoms with van der Waals surface area (Å²) in [5, 5.41) is 11.5. The summed E-state index contributed by atoms with van der Waals surface area (Å²) in [6, 6.07) is 10.5. The van der Waals surface area contributed by atoms with E-state index in [4.69, 9.17) is 9.47 Å². The maximum atomic E-state index is 12.3. The molecule has 9 nitrogen and oxygen atoms in total.